The highest BCUT2D eigenvalue weighted by atomic mass is 16.2. The number of rotatable bonds is 7. The van der Waals surface area contributed by atoms with E-state index in [1.54, 1.807) is 0 Å². The molecule has 0 aromatic carbocycles. The zero-order chi connectivity index (χ0) is 24.0. The van der Waals surface area contributed by atoms with Crippen molar-refractivity contribution in [1.29, 1.82) is 0 Å². The molecule has 0 unspecified atom stereocenters. The number of nitrogens with zero attached hydrogens (tertiary/aromatic N) is 1. The molecule has 4 aliphatic carbocycles. The summed E-state index contributed by atoms with van der Waals surface area (Å²) in [5.74, 6) is 6.45. The van der Waals surface area contributed by atoms with E-state index in [0.717, 1.165) is 41.4 Å². The van der Waals surface area contributed by atoms with Gasteiger partial charge in [-0.2, -0.15) is 0 Å². The third-order valence-electron chi connectivity index (χ3n) is 11.9. The molecule has 0 heterocycles. The number of likely N-dealkylation sites (N-methyl/N-ethyl adjacent to an activating group) is 1. The van der Waals surface area contributed by atoms with Crippen LogP contribution in [0.5, 0.6) is 0 Å². The number of hydrogen-bond acceptors (Lipinski definition) is 1. The van der Waals surface area contributed by atoms with Crippen LogP contribution in [0.4, 0.5) is 0 Å². The summed E-state index contributed by atoms with van der Waals surface area (Å²) in [7, 11) is 2.00. The molecule has 0 bridgehead atoms. The molecule has 1 amide bonds. The van der Waals surface area contributed by atoms with E-state index in [1.807, 2.05) is 11.9 Å². The summed E-state index contributed by atoms with van der Waals surface area (Å²) in [5.41, 5.74) is 1.09. The average Bonchev–Trinajstić information content (AvgIpc) is 3.14. The van der Waals surface area contributed by atoms with Gasteiger partial charge in [0.1, 0.15) is 0 Å². The molecule has 33 heavy (non-hydrogen) atoms. The standard InChI is InChI=1S/C31H53NO/c1-8-29(33)32(7)24-16-18-30(5)23(20-24)12-13-25-27-15-14-26(22(4)11-9-10-21(2)3)31(27,6)19-17-28(25)30/h8,21-28H,1,9-20H2,2-7H3/t22-,23-,24-,25+,26-,27+,28+,30+,31-/m1/s1. The molecule has 4 rings (SSSR count). The smallest absolute Gasteiger partial charge is 0.245 e. The first-order valence-corrected chi connectivity index (χ1v) is 14.5. The van der Waals surface area contributed by atoms with Crippen molar-refractivity contribution in [3.8, 4) is 0 Å². The maximum Gasteiger partial charge on any atom is 0.245 e. The van der Waals surface area contributed by atoms with Gasteiger partial charge in [0.15, 0.2) is 0 Å². The van der Waals surface area contributed by atoms with Gasteiger partial charge in [-0.1, -0.05) is 60.5 Å². The van der Waals surface area contributed by atoms with Gasteiger partial charge in [0.2, 0.25) is 5.91 Å². The van der Waals surface area contributed by atoms with Crippen LogP contribution in [0, 0.1) is 52.3 Å². The van der Waals surface area contributed by atoms with Gasteiger partial charge in [-0.05, 0) is 116 Å². The maximum absolute atomic E-state index is 12.2. The molecular formula is C31H53NO. The average molecular weight is 456 g/mol. The molecule has 2 heteroatoms. The number of hydrogen-bond donors (Lipinski definition) is 0. The largest absolute Gasteiger partial charge is 0.339 e. The first-order chi connectivity index (χ1) is 15.6. The highest BCUT2D eigenvalue weighted by Gasteiger charge is 2.60. The minimum atomic E-state index is 0.102. The Morgan fingerprint density at radius 1 is 0.970 bits per heavy atom. The van der Waals surface area contributed by atoms with E-state index < -0.39 is 0 Å². The van der Waals surface area contributed by atoms with Crippen molar-refractivity contribution >= 4 is 5.91 Å². The second kappa shape index (κ2) is 9.69. The van der Waals surface area contributed by atoms with Crippen molar-refractivity contribution in [1.82, 2.24) is 4.90 Å². The number of fused-ring (bicyclic) bond motifs is 5. The molecule has 4 saturated carbocycles. The van der Waals surface area contributed by atoms with Gasteiger partial charge in [0.05, 0.1) is 0 Å². The molecule has 0 aromatic heterocycles. The Morgan fingerprint density at radius 2 is 1.67 bits per heavy atom. The Hall–Kier alpha value is -0.790. The third-order valence-corrected chi connectivity index (χ3v) is 11.9. The quantitative estimate of drug-likeness (QED) is 0.355. The number of amides is 1. The van der Waals surface area contributed by atoms with Crippen molar-refractivity contribution in [3.05, 3.63) is 12.7 Å². The first-order valence-electron chi connectivity index (χ1n) is 14.5. The highest BCUT2D eigenvalue weighted by molar-refractivity contribution is 5.87. The van der Waals surface area contributed by atoms with Gasteiger partial charge in [-0.15, -0.1) is 0 Å². The lowest BCUT2D eigenvalue weighted by Crippen LogP contribution is -2.55. The molecule has 0 radical (unpaired) electrons. The lowest BCUT2D eigenvalue weighted by molar-refractivity contribution is -0.137. The monoisotopic (exact) mass is 455 g/mol. The summed E-state index contributed by atoms with van der Waals surface area (Å²) >= 11 is 0. The second-order valence-electron chi connectivity index (χ2n) is 13.8. The first kappa shape index (κ1) is 25.3. The van der Waals surface area contributed by atoms with Crippen molar-refractivity contribution in [2.75, 3.05) is 7.05 Å². The SMILES string of the molecule is C=CC(=O)N(C)[C@@H]1CC[C@@]2(C)[C@H](CC[C@@H]3[C@@H]2CC[C@]2(C)[C@@H]([C@H](C)CCCC(C)C)CC[C@@H]32)C1. The zero-order valence-electron chi connectivity index (χ0n) is 22.7. The Labute approximate surface area is 205 Å². The molecule has 0 saturated heterocycles. The van der Waals surface area contributed by atoms with Crippen LogP contribution in [0.15, 0.2) is 12.7 Å². The summed E-state index contributed by atoms with van der Waals surface area (Å²) in [6.07, 6.45) is 18.2. The summed E-state index contributed by atoms with van der Waals surface area (Å²) in [5, 5.41) is 0. The normalized spacial score (nSPS) is 43.4. The van der Waals surface area contributed by atoms with Gasteiger partial charge in [-0.3, -0.25) is 4.79 Å². The van der Waals surface area contributed by atoms with Gasteiger partial charge in [0, 0.05) is 13.1 Å². The molecule has 9 atom stereocenters. The molecule has 0 aromatic rings. The van der Waals surface area contributed by atoms with Crippen LogP contribution >= 0.6 is 0 Å². The van der Waals surface area contributed by atoms with E-state index in [1.165, 1.54) is 83.1 Å². The van der Waals surface area contributed by atoms with Crippen molar-refractivity contribution in [3.63, 3.8) is 0 Å². The molecule has 0 spiro atoms. The predicted molar refractivity (Wildman–Crippen MR) is 140 cm³/mol. The van der Waals surface area contributed by atoms with Crippen LogP contribution in [-0.2, 0) is 4.79 Å². The Balaban J connectivity index is 1.43. The van der Waals surface area contributed by atoms with Gasteiger partial charge >= 0.3 is 0 Å². The minimum absolute atomic E-state index is 0.102. The third kappa shape index (κ3) is 4.47. The Kier molecular flexibility index (Phi) is 7.43. The summed E-state index contributed by atoms with van der Waals surface area (Å²) in [6.45, 7) is 16.4. The van der Waals surface area contributed by atoms with E-state index in [0.29, 0.717) is 16.9 Å². The van der Waals surface area contributed by atoms with E-state index in [9.17, 15) is 4.79 Å². The lowest BCUT2D eigenvalue weighted by Gasteiger charge is -2.61. The summed E-state index contributed by atoms with van der Waals surface area (Å²) in [6, 6.07) is 0.418. The van der Waals surface area contributed by atoms with E-state index >= 15 is 0 Å². The lowest BCUT2D eigenvalue weighted by atomic mass is 9.44. The molecule has 0 aliphatic heterocycles. The topological polar surface area (TPSA) is 20.3 Å². The van der Waals surface area contributed by atoms with E-state index in [-0.39, 0.29) is 5.91 Å². The van der Waals surface area contributed by atoms with Crippen molar-refractivity contribution in [2.24, 2.45) is 52.3 Å². The molecule has 4 aliphatic rings. The summed E-state index contributed by atoms with van der Waals surface area (Å²) < 4.78 is 0. The molecule has 0 N–H and O–H groups in total. The summed E-state index contributed by atoms with van der Waals surface area (Å²) in [4.78, 5) is 14.2. The molecule has 4 fully saturated rings. The fourth-order valence-corrected chi connectivity index (χ4v) is 9.94. The van der Waals surface area contributed by atoms with Crippen LogP contribution in [0.3, 0.4) is 0 Å². The van der Waals surface area contributed by atoms with Gasteiger partial charge in [0.25, 0.3) is 0 Å². The van der Waals surface area contributed by atoms with Crippen LogP contribution in [-0.4, -0.2) is 23.9 Å². The van der Waals surface area contributed by atoms with Crippen molar-refractivity contribution in [2.45, 2.75) is 118 Å². The van der Waals surface area contributed by atoms with E-state index in [2.05, 4.69) is 41.2 Å². The molecular weight excluding hydrogens is 402 g/mol. The van der Waals surface area contributed by atoms with Crippen LogP contribution in [0.2, 0.25) is 0 Å². The zero-order valence-corrected chi connectivity index (χ0v) is 22.7. The van der Waals surface area contributed by atoms with Gasteiger partial charge < -0.3 is 4.90 Å². The van der Waals surface area contributed by atoms with Gasteiger partial charge in [-0.25, -0.2) is 0 Å². The fourth-order valence-electron chi connectivity index (χ4n) is 9.94. The Morgan fingerprint density at radius 3 is 2.36 bits per heavy atom. The van der Waals surface area contributed by atoms with Crippen molar-refractivity contribution < 1.29 is 4.79 Å². The fraction of sp³-hybridized carbons (Fsp3) is 0.903. The number of carbonyl (C=O) groups is 1. The van der Waals surface area contributed by atoms with Crippen LogP contribution in [0.1, 0.15) is 112 Å². The Bertz CT molecular complexity index is 714. The minimum Gasteiger partial charge on any atom is -0.339 e. The molecule has 188 valence electrons. The highest BCUT2D eigenvalue weighted by Crippen LogP contribution is 2.68. The van der Waals surface area contributed by atoms with Crippen LogP contribution in [0.25, 0.3) is 0 Å². The predicted octanol–water partition coefficient (Wildman–Crippen LogP) is 8.12. The van der Waals surface area contributed by atoms with Crippen LogP contribution < -0.4 is 0 Å². The second-order valence-corrected chi connectivity index (χ2v) is 13.8. The number of carbonyl (C=O) groups excluding carboxylic acids is 1. The van der Waals surface area contributed by atoms with E-state index in [4.69, 9.17) is 0 Å². The maximum atomic E-state index is 12.2. The molecule has 2 nitrogen and oxygen atoms in total.